The molecule has 0 spiro atoms. The monoisotopic (exact) mass is 441 g/mol. The first-order valence-electron chi connectivity index (χ1n) is 8.11. The van der Waals surface area contributed by atoms with Gasteiger partial charge in [0.15, 0.2) is 5.96 Å². The van der Waals surface area contributed by atoms with E-state index in [1.807, 2.05) is 0 Å². The van der Waals surface area contributed by atoms with E-state index < -0.39 is 0 Å². The number of likely N-dealkylation sites (tertiary alicyclic amines) is 1. The van der Waals surface area contributed by atoms with Crippen LogP contribution in [0.3, 0.4) is 0 Å². The number of carbonyl (C=O) groups excluding carboxylic acids is 1. The molecule has 1 unspecified atom stereocenters. The van der Waals surface area contributed by atoms with Gasteiger partial charge in [0.25, 0.3) is 0 Å². The Morgan fingerprint density at radius 3 is 2.61 bits per heavy atom. The minimum Gasteiger partial charge on any atom is -0.383 e. The summed E-state index contributed by atoms with van der Waals surface area (Å²) in [6.07, 6.45) is 1.14. The minimum atomic E-state index is -0.0438. The minimum absolute atomic E-state index is 0. The van der Waals surface area contributed by atoms with Crippen LogP contribution in [0.25, 0.3) is 0 Å². The highest BCUT2D eigenvalue weighted by atomic mass is 127. The van der Waals surface area contributed by atoms with E-state index in [1.54, 1.807) is 14.2 Å². The van der Waals surface area contributed by atoms with Crippen molar-refractivity contribution in [3.8, 4) is 0 Å². The van der Waals surface area contributed by atoms with Gasteiger partial charge >= 0.3 is 0 Å². The first-order chi connectivity index (χ1) is 10.7. The number of amides is 1. The number of aliphatic imine (C=N–C) groups is 1. The lowest BCUT2D eigenvalue weighted by Crippen LogP contribution is -2.46. The summed E-state index contributed by atoms with van der Waals surface area (Å²) in [4.78, 5) is 20.7. The molecule has 1 aliphatic heterocycles. The van der Waals surface area contributed by atoms with Crippen LogP contribution in [-0.4, -0.2) is 87.7 Å². The number of halogens is 1. The summed E-state index contributed by atoms with van der Waals surface area (Å²) in [7, 11) is 3.38. The van der Waals surface area contributed by atoms with Crippen molar-refractivity contribution in [3.63, 3.8) is 0 Å². The lowest BCUT2D eigenvalue weighted by Gasteiger charge is -2.27. The first kappa shape index (κ1) is 22.4. The van der Waals surface area contributed by atoms with Gasteiger partial charge in [0.1, 0.15) is 0 Å². The molecule has 0 aromatic heterocycles. The molecule has 1 amide bonds. The molecule has 1 rings (SSSR count). The summed E-state index contributed by atoms with van der Waals surface area (Å²) in [5, 5.41) is 5.93. The van der Waals surface area contributed by atoms with Crippen molar-refractivity contribution < 1.29 is 9.53 Å². The fraction of sp³-hybridized carbons (Fsp3) is 0.867. The predicted molar refractivity (Wildman–Crippen MR) is 105 cm³/mol. The first-order valence-corrected chi connectivity index (χ1v) is 8.11. The summed E-state index contributed by atoms with van der Waals surface area (Å²) in [6, 6.07) is 0.573. The van der Waals surface area contributed by atoms with Gasteiger partial charge in [-0.2, -0.15) is 0 Å². The normalized spacial score (nSPS) is 18.0. The molecular weight excluding hydrogens is 409 g/mol. The van der Waals surface area contributed by atoms with E-state index in [4.69, 9.17) is 4.74 Å². The van der Waals surface area contributed by atoms with Crippen LogP contribution in [0.15, 0.2) is 4.99 Å². The van der Waals surface area contributed by atoms with Crippen LogP contribution in [0, 0.1) is 0 Å². The maximum atomic E-state index is 11.7. The van der Waals surface area contributed by atoms with Crippen LogP contribution in [0.2, 0.25) is 0 Å². The third-order valence-electron chi connectivity index (χ3n) is 4.04. The van der Waals surface area contributed by atoms with Gasteiger partial charge in [0.05, 0.1) is 13.2 Å². The molecule has 0 saturated carbocycles. The van der Waals surface area contributed by atoms with Gasteiger partial charge in [-0.25, -0.2) is 0 Å². The molecular formula is C15H32IN5O2. The summed E-state index contributed by atoms with van der Waals surface area (Å²) >= 11 is 0. The van der Waals surface area contributed by atoms with Crippen LogP contribution in [-0.2, 0) is 9.53 Å². The second kappa shape index (κ2) is 12.8. The molecule has 0 aromatic rings. The highest BCUT2D eigenvalue weighted by Gasteiger charge is 2.28. The Hall–Kier alpha value is -0.610. The number of hydrogen-bond donors (Lipinski definition) is 2. The number of guanidine groups is 1. The van der Waals surface area contributed by atoms with E-state index in [9.17, 15) is 4.79 Å². The van der Waals surface area contributed by atoms with E-state index in [2.05, 4.69) is 39.3 Å². The number of methoxy groups -OCH3 is 1. The molecule has 1 heterocycles. The lowest BCUT2D eigenvalue weighted by molar-refractivity contribution is -0.120. The third kappa shape index (κ3) is 7.67. The van der Waals surface area contributed by atoms with E-state index >= 15 is 0 Å². The van der Waals surface area contributed by atoms with Gasteiger partial charge in [0, 0.05) is 39.8 Å². The van der Waals surface area contributed by atoms with E-state index in [0.29, 0.717) is 19.2 Å². The van der Waals surface area contributed by atoms with Gasteiger partial charge in [-0.15, -0.1) is 24.0 Å². The summed E-state index contributed by atoms with van der Waals surface area (Å²) in [6.45, 7) is 9.78. The average Bonchev–Trinajstić information content (AvgIpc) is 2.99. The van der Waals surface area contributed by atoms with E-state index in [1.165, 1.54) is 0 Å². The quantitative estimate of drug-likeness (QED) is 0.247. The number of nitrogens with one attached hydrogen (secondary N) is 2. The standard InChI is InChI=1S/C15H31N5O2.HI/c1-5-19(6-2)13-7-9-20(12-13)15(16-3)18-11-14(21)17-8-10-22-4;/h13H,5-12H2,1-4H3,(H,16,18)(H,17,21);1H. The Bertz CT molecular complexity index is 364. The van der Waals surface area contributed by atoms with E-state index in [0.717, 1.165) is 38.6 Å². The van der Waals surface area contributed by atoms with Gasteiger partial charge in [0.2, 0.25) is 5.91 Å². The van der Waals surface area contributed by atoms with Crippen LogP contribution in [0.5, 0.6) is 0 Å². The molecule has 8 heteroatoms. The van der Waals surface area contributed by atoms with Gasteiger partial charge in [-0.1, -0.05) is 13.8 Å². The van der Waals surface area contributed by atoms with Crippen molar-refractivity contribution >= 4 is 35.8 Å². The third-order valence-corrected chi connectivity index (χ3v) is 4.04. The number of carbonyl (C=O) groups is 1. The number of nitrogens with zero attached hydrogens (tertiary/aromatic N) is 3. The lowest BCUT2D eigenvalue weighted by atomic mass is 10.2. The Labute approximate surface area is 157 Å². The van der Waals surface area contributed by atoms with Crippen molar-refractivity contribution in [1.82, 2.24) is 20.4 Å². The highest BCUT2D eigenvalue weighted by molar-refractivity contribution is 14.0. The second-order valence-electron chi connectivity index (χ2n) is 5.35. The Morgan fingerprint density at radius 2 is 2.04 bits per heavy atom. The molecule has 1 aliphatic rings. The van der Waals surface area contributed by atoms with Gasteiger partial charge in [-0.3, -0.25) is 14.7 Å². The predicted octanol–water partition coefficient (Wildman–Crippen LogP) is 0.359. The maximum Gasteiger partial charge on any atom is 0.239 e. The van der Waals surface area contributed by atoms with Gasteiger partial charge < -0.3 is 20.3 Å². The molecule has 1 saturated heterocycles. The molecule has 2 N–H and O–H groups in total. The molecule has 1 fully saturated rings. The summed E-state index contributed by atoms with van der Waals surface area (Å²) in [5.41, 5.74) is 0. The van der Waals surface area contributed by atoms with Crippen molar-refractivity contribution in [3.05, 3.63) is 0 Å². The van der Waals surface area contributed by atoms with Crippen LogP contribution in [0.1, 0.15) is 20.3 Å². The SMILES string of the molecule is CCN(CC)C1CCN(C(=NC)NCC(=O)NCCOC)C1.I. The Morgan fingerprint density at radius 1 is 1.35 bits per heavy atom. The zero-order valence-corrected chi connectivity index (χ0v) is 17.1. The van der Waals surface area contributed by atoms with Crippen LogP contribution in [0.4, 0.5) is 0 Å². The second-order valence-corrected chi connectivity index (χ2v) is 5.35. The molecule has 23 heavy (non-hydrogen) atoms. The highest BCUT2D eigenvalue weighted by Crippen LogP contribution is 2.15. The number of ether oxygens (including phenoxy) is 1. The summed E-state index contributed by atoms with van der Waals surface area (Å²) < 4.78 is 4.90. The topological polar surface area (TPSA) is 69.2 Å². The maximum absolute atomic E-state index is 11.7. The molecule has 1 atom stereocenters. The number of likely N-dealkylation sites (N-methyl/N-ethyl adjacent to an activating group) is 1. The molecule has 7 nitrogen and oxygen atoms in total. The number of rotatable bonds is 8. The van der Waals surface area contributed by atoms with Crippen molar-refractivity contribution in [2.45, 2.75) is 26.3 Å². The zero-order chi connectivity index (χ0) is 16.4. The summed E-state index contributed by atoms with van der Waals surface area (Å²) in [5.74, 6) is 0.759. The molecule has 136 valence electrons. The van der Waals surface area contributed by atoms with Crippen molar-refractivity contribution in [1.29, 1.82) is 0 Å². The van der Waals surface area contributed by atoms with Crippen LogP contribution >= 0.6 is 24.0 Å². The fourth-order valence-corrected chi connectivity index (χ4v) is 2.82. The zero-order valence-electron chi connectivity index (χ0n) is 14.8. The molecule has 0 bridgehead atoms. The average molecular weight is 441 g/mol. The van der Waals surface area contributed by atoms with Crippen molar-refractivity contribution in [2.75, 3.05) is 60.0 Å². The molecule has 0 aliphatic carbocycles. The molecule has 0 radical (unpaired) electrons. The number of hydrogen-bond acceptors (Lipinski definition) is 4. The van der Waals surface area contributed by atoms with Crippen molar-refractivity contribution in [2.24, 2.45) is 4.99 Å². The Kier molecular flexibility index (Phi) is 12.4. The van der Waals surface area contributed by atoms with Crippen LogP contribution < -0.4 is 10.6 Å². The smallest absolute Gasteiger partial charge is 0.239 e. The Balaban J connectivity index is 0.00000484. The van der Waals surface area contributed by atoms with E-state index in [-0.39, 0.29) is 36.4 Å². The largest absolute Gasteiger partial charge is 0.383 e. The van der Waals surface area contributed by atoms with Gasteiger partial charge in [-0.05, 0) is 19.5 Å². The molecule has 0 aromatic carbocycles. The fourth-order valence-electron chi connectivity index (χ4n) is 2.82.